The van der Waals surface area contributed by atoms with Gasteiger partial charge in [-0.25, -0.2) is 97.5 Å². The van der Waals surface area contributed by atoms with E-state index in [9.17, 15) is 81.5 Å². The summed E-state index contributed by atoms with van der Waals surface area (Å²) in [4.78, 5) is 127. The number of aryl methyl sites for hydroxylation is 4. The Bertz CT molecular complexity index is 7060. The molecule has 0 bridgehead atoms. The van der Waals surface area contributed by atoms with E-state index in [-0.39, 0.29) is 84.9 Å². The van der Waals surface area contributed by atoms with E-state index in [0.717, 1.165) is 63.7 Å². The molecule has 5 fully saturated rings. The molecule has 724 valence electrons. The normalized spacial score (nSPS) is 15.9. The molecule has 4 aliphatic heterocycles. The number of likely N-dealkylation sites (tertiary alicyclic amines) is 1. The van der Waals surface area contributed by atoms with Crippen molar-refractivity contribution >= 4 is 84.9 Å². The van der Waals surface area contributed by atoms with Gasteiger partial charge in [0.1, 0.15) is 106 Å². The van der Waals surface area contributed by atoms with Gasteiger partial charge in [0.15, 0.2) is 0 Å². The van der Waals surface area contributed by atoms with Crippen molar-refractivity contribution in [1.82, 2.24) is 87.6 Å². The summed E-state index contributed by atoms with van der Waals surface area (Å²) in [6, 6.07) is 22.8. The maximum Gasteiger partial charge on any atom is 0.266 e. The van der Waals surface area contributed by atoms with Gasteiger partial charge in [0, 0.05) is 139 Å². The van der Waals surface area contributed by atoms with Gasteiger partial charge in [-0.2, -0.15) is 0 Å². The quantitative estimate of drug-likeness (QED) is 0.0432. The number of likely N-dealkylation sites (N-methyl/N-ethyl adjacent to an activating group) is 1. The predicted molar refractivity (Wildman–Crippen MR) is 495 cm³/mol. The lowest BCUT2D eigenvalue weighted by molar-refractivity contribution is -0.173. The zero-order chi connectivity index (χ0) is 98.7. The predicted octanol–water partition coefficient (Wildman–Crippen LogP) is 15.4. The minimum atomic E-state index is -2.94. The summed E-state index contributed by atoms with van der Waals surface area (Å²) in [7, 11) is 9.65. The molecular formula is C96H98F12N22O8. The number of piperazine rings is 2. The van der Waals surface area contributed by atoms with Crippen LogP contribution in [0, 0.1) is 28.7 Å². The van der Waals surface area contributed by atoms with Crippen molar-refractivity contribution < 1.29 is 71.7 Å². The van der Waals surface area contributed by atoms with Crippen molar-refractivity contribution in [3.63, 3.8) is 0 Å². The lowest BCUT2D eigenvalue weighted by Crippen LogP contribution is -2.65. The summed E-state index contributed by atoms with van der Waals surface area (Å²) in [5, 5.41) is 14.0. The second-order valence-electron chi connectivity index (χ2n) is 34.6. The Morgan fingerprint density at radius 1 is 0.413 bits per heavy atom. The van der Waals surface area contributed by atoms with Crippen LogP contribution in [0.2, 0.25) is 0 Å². The third-order valence-electron chi connectivity index (χ3n) is 25.7. The Balaban J connectivity index is 0.000000140. The van der Waals surface area contributed by atoms with Crippen LogP contribution in [0.3, 0.4) is 0 Å². The Labute approximate surface area is 781 Å². The molecule has 1 spiro atoms. The number of aromatic nitrogens is 13. The van der Waals surface area contributed by atoms with Gasteiger partial charge in [-0.15, -0.1) is 0 Å². The molecule has 4 atom stereocenters. The van der Waals surface area contributed by atoms with Gasteiger partial charge < -0.3 is 50.3 Å². The van der Waals surface area contributed by atoms with Crippen LogP contribution in [0.1, 0.15) is 168 Å². The Kier molecular flexibility index (Phi) is 29.4. The van der Waals surface area contributed by atoms with E-state index in [2.05, 4.69) is 87.4 Å². The molecular weight excluding hydrogens is 1820 g/mol. The van der Waals surface area contributed by atoms with Crippen molar-refractivity contribution in [2.75, 3.05) is 114 Å². The molecule has 13 heterocycles. The van der Waals surface area contributed by atoms with Crippen LogP contribution in [-0.4, -0.2) is 198 Å². The number of hydrogen-bond acceptors (Lipinski definition) is 24. The van der Waals surface area contributed by atoms with Crippen LogP contribution >= 0.6 is 0 Å². The van der Waals surface area contributed by atoms with Crippen LogP contribution in [0.4, 0.5) is 76.0 Å². The first-order valence-corrected chi connectivity index (χ1v) is 44.2. The first kappa shape index (κ1) is 98.2. The molecule has 4 N–H and O–H groups in total. The maximum absolute atomic E-state index is 14.7. The summed E-state index contributed by atoms with van der Waals surface area (Å²) in [6.07, 6.45) is -1.46. The minimum absolute atomic E-state index is 0.00322. The van der Waals surface area contributed by atoms with Gasteiger partial charge in [0.2, 0.25) is 5.88 Å². The summed E-state index contributed by atoms with van der Waals surface area (Å²) < 4.78 is 180. The third-order valence-corrected chi connectivity index (χ3v) is 25.7. The van der Waals surface area contributed by atoms with Crippen LogP contribution in [-0.2, 0) is 32.9 Å². The molecule has 42 heteroatoms. The average molecular weight is 1920 g/mol. The highest BCUT2D eigenvalue weighted by Crippen LogP contribution is 2.43. The maximum atomic E-state index is 14.7. The Morgan fingerprint density at radius 3 is 1.07 bits per heavy atom. The van der Waals surface area contributed by atoms with Crippen LogP contribution < -0.4 is 48.2 Å². The third kappa shape index (κ3) is 19.9. The lowest BCUT2D eigenvalue weighted by atomic mass is 9.77. The number of carbonyl (C=O) groups is 2. The van der Waals surface area contributed by atoms with Gasteiger partial charge in [-0.1, -0.05) is 85.8 Å². The van der Waals surface area contributed by atoms with Crippen LogP contribution in [0.15, 0.2) is 166 Å². The largest absolute Gasteiger partial charge is 0.481 e. The van der Waals surface area contributed by atoms with Gasteiger partial charge in [-0.05, 0) is 84.0 Å². The SMILES string of the molecule is C=C(c1cc2c(N[C@H](C)c3cccc(C(F)F)c3F)ncnc2n(C)c1=O)N1CC2(COC2)C1.COc1ncccc1-c1cc2c(N[C@H](C)c3cccc(C(F)F)c3F)ncnc2n(C)c1=O.C[C@@H](Nc1ncnc2c1cc(C(=O)N1CCN(C)CC1)c(=O)n2C)c1cccc(C(F)F)c1F.C[C@@H](Nc1ncnc2c1cc(C(=O)N1CCN(C3CCC3)CC1)c(=O)n2C)c1cccc(C(F)F)c1F. The summed E-state index contributed by atoms with van der Waals surface area (Å²) >= 11 is 0. The Morgan fingerprint density at radius 2 is 0.739 bits per heavy atom. The molecule has 138 heavy (non-hydrogen) atoms. The number of fused-ring (bicyclic) bond motifs is 4. The Hall–Kier alpha value is -14.3. The monoisotopic (exact) mass is 1910 g/mol. The molecule has 13 aromatic rings. The van der Waals surface area contributed by atoms with E-state index in [0.29, 0.717) is 118 Å². The van der Waals surface area contributed by atoms with E-state index in [1.807, 2.05) is 7.05 Å². The number of nitrogens with zero attached hydrogens (tertiary/aromatic N) is 18. The summed E-state index contributed by atoms with van der Waals surface area (Å²) in [5.41, 5.74) is -0.633. The van der Waals surface area contributed by atoms with E-state index >= 15 is 0 Å². The number of halogens is 12. The molecule has 5 aliphatic rings. The molecule has 1 saturated carbocycles. The summed E-state index contributed by atoms with van der Waals surface area (Å²) in [5.74, 6) is -3.17. The number of nitrogens with one attached hydrogen (secondary N) is 4. The fourth-order valence-electron chi connectivity index (χ4n) is 17.5. The highest BCUT2D eigenvalue weighted by molar-refractivity contribution is 6.01. The number of rotatable bonds is 23. The summed E-state index contributed by atoms with van der Waals surface area (Å²) in [6.45, 7) is 18.7. The molecule has 2 amide bonds. The molecule has 0 radical (unpaired) electrons. The minimum Gasteiger partial charge on any atom is -0.481 e. The standard InChI is InChI=1S/C26H29F3N6O2.C24H24F3N5O2.C23H25F3N6O2.C23H20F3N5O2/c1-15(17-7-4-8-18(21(17)27)22(28)29)32-23-19-13-20(25(36)33(2)24(19)31-14-30-23)26(37)35-11-9-34(10-12-35)16-5-3-6-16;1-13(15-5-4-6-16(19(15)25)20(26)27)30-21-18-7-17(23(33)31(3)22(18)29-12-28-21)14(2)32-8-24(9-32)10-34-11-24;1-13(14-5-4-6-15(18(14)24)19(25)26)29-20-16-11-17(22(33)31(3)21(16)28-12-27-20)23(34)32-9-7-30(2)8-10-32;1-12(13-6-4-7-15(18(13)24)19(25)26)30-20-17-10-16(14-8-5-9-27-22(14)33-3)23(32)31(2)21(17)29-11-28-20/h4,7-8,13-16,22H,3,5-6,9-12H2,1-2H3,(H,30,31,32);4-7,12-13,20H,2,8-11H2,1,3H3,(H,28,29,30);4-6,11-13,19H,7-10H2,1-3H3,(H,27,28,29);4-12,19H,1-3H3,(H,28,29,30)/t15-;2*13-;12-/m1111/s1. The zero-order valence-corrected chi connectivity index (χ0v) is 76.6. The van der Waals surface area contributed by atoms with Crippen molar-refractivity contribution in [1.29, 1.82) is 0 Å². The second kappa shape index (κ2) is 41.3. The number of methoxy groups -OCH3 is 1. The highest BCUT2D eigenvalue weighted by Gasteiger charge is 2.50. The highest BCUT2D eigenvalue weighted by atomic mass is 19.3. The zero-order valence-electron chi connectivity index (χ0n) is 76.6. The van der Waals surface area contributed by atoms with Crippen molar-refractivity contribution in [2.24, 2.45) is 33.6 Å². The molecule has 1 aliphatic carbocycles. The van der Waals surface area contributed by atoms with Gasteiger partial charge in [0.05, 0.1) is 105 Å². The molecule has 9 aromatic heterocycles. The number of hydrogen-bond donors (Lipinski definition) is 4. The number of benzene rings is 4. The molecule has 0 unspecified atom stereocenters. The molecule has 4 aromatic carbocycles. The first-order chi connectivity index (χ1) is 66.0. The number of alkyl halides is 8. The number of amides is 2. The van der Waals surface area contributed by atoms with E-state index < -0.39 is 107 Å². The molecule has 30 nitrogen and oxygen atoms in total. The van der Waals surface area contributed by atoms with Crippen molar-refractivity contribution in [2.45, 2.75) is 103 Å². The molecule has 4 saturated heterocycles. The van der Waals surface area contributed by atoms with Gasteiger partial charge in [0.25, 0.3) is 59.8 Å². The number of carbonyl (C=O) groups excluding carboxylic acids is 2. The number of anilines is 4. The van der Waals surface area contributed by atoms with Crippen LogP contribution in [0.5, 0.6) is 5.88 Å². The van der Waals surface area contributed by atoms with Crippen LogP contribution in [0.25, 0.3) is 61.0 Å². The fourth-order valence-corrected chi connectivity index (χ4v) is 17.5. The number of pyridine rings is 5. The van der Waals surface area contributed by atoms with E-state index in [4.69, 9.17) is 9.47 Å². The van der Waals surface area contributed by atoms with Gasteiger partial charge >= 0.3 is 0 Å². The first-order valence-electron chi connectivity index (χ1n) is 44.2. The number of ether oxygens (including phenoxy) is 2. The van der Waals surface area contributed by atoms with Crippen molar-refractivity contribution in [3.05, 3.63) is 273 Å². The van der Waals surface area contributed by atoms with Crippen molar-refractivity contribution in [3.8, 4) is 17.0 Å². The smallest absolute Gasteiger partial charge is 0.266 e. The fraction of sp³-hybridized carbons (Fsp3) is 0.365. The van der Waals surface area contributed by atoms with E-state index in [1.54, 1.807) is 82.1 Å². The second-order valence-corrected chi connectivity index (χ2v) is 34.6. The van der Waals surface area contributed by atoms with E-state index in [1.165, 1.54) is 145 Å². The van der Waals surface area contributed by atoms with Gasteiger partial charge in [-0.3, -0.25) is 51.9 Å². The molecule has 18 rings (SSSR count). The topological polar surface area (TPSA) is 321 Å². The lowest BCUT2D eigenvalue weighted by Gasteiger charge is -2.56. The average Bonchev–Trinajstić information content (AvgIpc) is 0.745.